The van der Waals surface area contributed by atoms with Gasteiger partial charge in [0.15, 0.2) is 12.0 Å². The molecule has 0 fully saturated rings. The van der Waals surface area contributed by atoms with E-state index < -0.39 is 0 Å². The van der Waals surface area contributed by atoms with E-state index >= 15 is 0 Å². The van der Waals surface area contributed by atoms with Crippen molar-refractivity contribution in [1.82, 2.24) is 4.98 Å². The average Bonchev–Trinajstić information content (AvgIpc) is 3.12. The Morgan fingerprint density at radius 1 is 1.20 bits per heavy atom. The summed E-state index contributed by atoms with van der Waals surface area (Å²) in [5.41, 5.74) is 1.36. The van der Waals surface area contributed by atoms with Crippen molar-refractivity contribution < 1.29 is 18.7 Å². The molecule has 0 atom stereocenters. The summed E-state index contributed by atoms with van der Waals surface area (Å²) in [6, 6.07) is 14.4. The lowest BCUT2D eigenvalue weighted by atomic mass is 10.2. The number of carbonyl (C=O) groups excluding carboxylic acids is 2. The van der Waals surface area contributed by atoms with E-state index in [0.29, 0.717) is 35.0 Å². The van der Waals surface area contributed by atoms with Gasteiger partial charge >= 0.3 is 5.97 Å². The fourth-order valence-electron chi connectivity index (χ4n) is 2.19. The minimum atomic E-state index is -0.356. The highest BCUT2D eigenvalue weighted by Crippen LogP contribution is 2.29. The molecule has 0 bridgehead atoms. The van der Waals surface area contributed by atoms with Gasteiger partial charge in [-0.25, -0.2) is 9.78 Å². The standard InChI is InChI=1S/C19H15NO4S/c1-2-23-19(22)14-9-10-20-18(11-14)25-16-6-3-13(4-7-16)17-8-5-15(12-21)24-17/h3-12H,2H2,1H3. The van der Waals surface area contributed by atoms with Gasteiger partial charge in [0.1, 0.15) is 10.8 Å². The quantitative estimate of drug-likeness (QED) is 0.481. The SMILES string of the molecule is CCOC(=O)c1ccnc(Sc2ccc(-c3ccc(C=O)o3)cc2)c1. The molecule has 0 aliphatic rings. The van der Waals surface area contributed by atoms with Crippen LogP contribution >= 0.6 is 11.8 Å². The van der Waals surface area contributed by atoms with Gasteiger partial charge in [0.05, 0.1) is 12.2 Å². The highest BCUT2D eigenvalue weighted by molar-refractivity contribution is 7.99. The lowest BCUT2D eigenvalue weighted by Gasteiger charge is -2.05. The van der Waals surface area contributed by atoms with Crippen molar-refractivity contribution in [3.8, 4) is 11.3 Å². The van der Waals surface area contributed by atoms with E-state index in [1.807, 2.05) is 24.3 Å². The molecule has 0 aliphatic heterocycles. The third-order valence-corrected chi connectivity index (χ3v) is 4.29. The second kappa shape index (κ2) is 7.81. The fourth-order valence-corrected chi connectivity index (χ4v) is 3.00. The predicted molar refractivity (Wildman–Crippen MR) is 93.8 cm³/mol. The number of aromatic nitrogens is 1. The minimum Gasteiger partial charge on any atom is -0.462 e. The summed E-state index contributed by atoms with van der Waals surface area (Å²) in [5, 5.41) is 0.708. The Bertz CT molecular complexity index is 886. The Labute approximate surface area is 149 Å². The molecular formula is C19H15NO4S. The average molecular weight is 353 g/mol. The van der Waals surface area contributed by atoms with Crippen LogP contribution in [-0.4, -0.2) is 23.8 Å². The Hall–Kier alpha value is -2.86. The molecule has 3 aromatic rings. The zero-order chi connectivity index (χ0) is 17.6. The number of nitrogens with zero attached hydrogens (tertiary/aromatic N) is 1. The van der Waals surface area contributed by atoms with Gasteiger partial charge in [0.25, 0.3) is 0 Å². The number of carbonyl (C=O) groups is 2. The van der Waals surface area contributed by atoms with E-state index in [-0.39, 0.29) is 5.97 Å². The number of hydrogen-bond acceptors (Lipinski definition) is 6. The summed E-state index contributed by atoms with van der Waals surface area (Å²) in [6.45, 7) is 2.11. The Morgan fingerprint density at radius 3 is 2.68 bits per heavy atom. The van der Waals surface area contributed by atoms with Crippen molar-refractivity contribution >= 4 is 24.0 Å². The van der Waals surface area contributed by atoms with E-state index in [2.05, 4.69) is 4.98 Å². The monoisotopic (exact) mass is 353 g/mol. The third-order valence-electron chi connectivity index (χ3n) is 3.35. The molecule has 2 aromatic heterocycles. The van der Waals surface area contributed by atoms with Gasteiger partial charge in [-0.1, -0.05) is 23.9 Å². The number of furan rings is 1. The number of hydrogen-bond donors (Lipinski definition) is 0. The third kappa shape index (κ3) is 4.16. The van der Waals surface area contributed by atoms with Crippen LogP contribution in [0.25, 0.3) is 11.3 Å². The van der Waals surface area contributed by atoms with Crippen LogP contribution in [-0.2, 0) is 4.74 Å². The number of benzene rings is 1. The van der Waals surface area contributed by atoms with Crippen LogP contribution in [0.15, 0.2) is 69.1 Å². The molecule has 25 heavy (non-hydrogen) atoms. The molecular weight excluding hydrogens is 338 g/mol. The van der Waals surface area contributed by atoms with Crippen molar-refractivity contribution in [3.05, 3.63) is 66.1 Å². The van der Waals surface area contributed by atoms with Crippen molar-refractivity contribution in [2.45, 2.75) is 16.8 Å². The molecule has 0 aliphatic carbocycles. The van der Waals surface area contributed by atoms with Crippen LogP contribution in [0.2, 0.25) is 0 Å². The van der Waals surface area contributed by atoms with Gasteiger partial charge in [-0.2, -0.15) is 0 Å². The Kier molecular flexibility index (Phi) is 5.30. The molecule has 0 saturated heterocycles. The molecule has 1 aromatic carbocycles. The largest absolute Gasteiger partial charge is 0.462 e. The van der Waals surface area contributed by atoms with Crippen LogP contribution < -0.4 is 0 Å². The first kappa shape index (κ1) is 17.0. The summed E-state index contributed by atoms with van der Waals surface area (Å²) >= 11 is 1.45. The molecule has 0 radical (unpaired) electrons. The first-order chi connectivity index (χ1) is 12.2. The normalized spacial score (nSPS) is 10.4. The summed E-state index contributed by atoms with van der Waals surface area (Å²) < 4.78 is 10.4. The molecule has 0 spiro atoms. The highest BCUT2D eigenvalue weighted by atomic mass is 32.2. The molecule has 0 saturated carbocycles. The summed E-state index contributed by atoms with van der Waals surface area (Å²) in [7, 11) is 0. The van der Waals surface area contributed by atoms with Gasteiger partial charge in [-0.15, -0.1) is 0 Å². The maximum Gasteiger partial charge on any atom is 0.338 e. The van der Waals surface area contributed by atoms with Crippen molar-refractivity contribution in [3.63, 3.8) is 0 Å². The maximum absolute atomic E-state index is 11.8. The van der Waals surface area contributed by atoms with E-state index in [4.69, 9.17) is 9.15 Å². The maximum atomic E-state index is 11.8. The van der Waals surface area contributed by atoms with Crippen molar-refractivity contribution in [1.29, 1.82) is 0 Å². The molecule has 5 nitrogen and oxygen atoms in total. The molecule has 2 heterocycles. The zero-order valence-corrected chi connectivity index (χ0v) is 14.3. The summed E-state index contributed by atoms with van der Waals surface area (Å²) in [4.78, 5) is 27.7. The lowest BCUT2D eigenvalue weighted by Crippen LogP contribution is -2.04. The van der Waals surface area contributed by atoms with Gasteiger partial charge < -0.3 is 9.15 Å². The second-order valence-electron chi connectivity index (χ2n) is 5.05. The first-order valence-electron chi connectivity index (χ1n) is 7.66. The highest BCUT2D eigenvalue weighted by Gasteiger charge is 2.09. The van der Waals surface area contributed by atoms with E-state index in [1.165, 1.54) is 11.8 Å². The Balaban J connectivity index is 1.74. The fraction of sp³-hybridized carbons (Fsp3) is 0.105. The summed E-state index contributed by atoms with van der Waals surface area (Å²) in [5.74, 6) is 0.584. The number of pyridine rings is 1. The molecule has 3 rings (SSSR count). The van der Waals surface area contributed by atoms with Gasteiger partial charge in [-0.3, -0.25) is 4.79 Å². The van der Waals surface area contributed by atoms with Gasteiger partial charge in [-0.05, 0) is 43.3 Å². The van der Waals surface area contributed by atoms with Crippen LogP contribution in [0.5, 0.6) is 0 Å². The molecule has 0 amide bonds. The molecule has 126 valence electrons. The van der Waals surface area contributed by atoms with E-state index in [1.54, 1.807) is 37.4 Å². The molecule has 6 heteroatoms. The van der Waals surface area contributed by atoms with Crippen molar-refractivity contribution in [2.24, 2.45) is 0 Å². The number of rotatable bonds is 6. The second-order valence-corrected chi connectivity index (χ2v) is 6.14. The summed E-state index contributed by atoms with van der Waals surface area (Å²) in [6.07, 6.45) is 2.27. The number of ether oxygens (including phenoxy) is 1. The number of esters is 1. The van der Waals surface area contributed by atoms with E-state index in [9.17, 15) is 9.59 Å². The van der Waals surface area contributed by atoms with Crippen molar-refractivity contribution in [2.75, 3.05) is 6.61 Å². The van der Waals surface area contributed by atoms with Crippen LogP contribution in [0.1, 0.15) is 27.8 Å². The number of aldehydes is 1. The van der Waals surface area contributed by atoms with Gasteiger partial charge in [0, 0.05) is 16.7 Å². The van der Waals surface area contributed by atoms with Crippen LogP contribution in [0, 0.1) is 0 Å². The molecule has 0 N–H and O–H groups in total. The lowest BCUT2D eigenvalue weighted by molar-refractivity contribution is 0.0525. The smallest absolute Gasteiger partial charge is 0.338 e. The predicted octanol–water partition coefficient (Wildman–Crippen LogP) is 4.48. The first-order valence-corrected chi connectivity index (χ1v) is 8.47. The van der Waals surface area contributed by atoms with Crippen LogP contribution in [0.3, 0.4) is 0 Å². The topological polar surface area (TPSA) is 69.4 Å². The zero-order valence-electron chi connectivity index (χ0n) is 13.5. The molecule has 0 unspecified atom stereocenters. The minimum absolute atomic E-state index is 0.299. The Morgan fingerprint density at radius 2 is 2.00 bits per heavy atom. The van der Waals surface area contributed by atoms with E-state index in [0.717, 1.165) is 10.5 Å². The van der Waals surface area contributed by atoms with Gasteiger partial charge in [0.2, 0.25) is 0 Å². The van der Waals surface area contributed by atoms with Crippen LogP contribution in [0.4, 0.5) is 0 Å².